The molecule has 1 fully saturated rings. The summed E-state index contributed by atoms with van der Waals surface area (Å²) in [5.74, 6) is 0.611. The van der Waals surface area contributed by atoms with Crippen molar-refractivity contribution in [2.75, 3.05) is 0 Å². The topological polar surface area (TPSA) is 52.0 Å². The van der Waals surface area contributed by atoms with Gasteiger partial charge in [-0.2, -0.15) is 0 Å². The first-order valence-electron chi connectivity index (χ1n) is 3.56. The minimum absolute atomic E-state index is 0.0127. The molecule has 2 nitrogen and oxygen atoms in total. The zero-order chi connectivity index (χ0) is 7.07. The molecule has 1 rings (SSSR count). The molecule has 54 valence electrons. The second-order valence-corrected chi connectivity index (χ2v) is 3.70. The highest BCUT2D eigenvalue weighted by atomic mass is 14.8. The first-order valence-corrected chi connectivity index (χ1v) is 3.56. The van der Waals surface area contributed by atoms with Gasteiger partial charge in [0.1, 0.15) is 0 Å². The fraction of sp³-hybridized carbons (Fsp3) is 1.00. The lowest BCUT2D eigenvalue weighted by molar-refractivity contribution is 0.464. The highest BCUT2D eigenvalue weighted by molar-refractivity contribution is 4.95. The number of rotatable bonds is 0. The molecule has 0 spiro atoms. The Morgan fingerprint density at radius 2 is 2.00 bits per heavy atom. The Morgan fingerprint density at radius 3 is 2.11 bits per heavy atom. The van der Waals surface area contributed by atoms with Gasteiger partial charge in [0, 0.05) is 11.6 Å². The number of nitrogens with two attached hydrogens (primary N) is 2. The van der Waals surface area contributed by atoms with Gasteiger partial charge in [0.15, 0.2) is 0 Å². The standard InChI is InChI=1S/C7H16N2/c1-5-3-7(2,9)4-6(5)8/h5-6H,3-4,8-9H2,1-2H3/t5-,6-,7-/m0/s1. The molecule has 1 aliphatic rings. The zero-order valence-corrected chi connectivity index (χ0v) is 6.22. The van der Waals surface area contributed by atoms with E-state index in [9.17, 15) is 0 Å². The van der Waals surface area contributed by atoms with E-state index in [1.54, 1.807) is 0 Å². The molecule has 0 aromatic rings. The van der Waals surface area contributed by atoms with Crippen LogP contribution in [0.3, 0.4) is 0 Å². The van der Waals surface area contributed by atoms with E-state index in [2.05, 4.69) is 13.8 Å². The average Bonchev–Trinajstić information content (AvgIpc) is 1.79. The Morgan fingerprint density at radius 1 is 1.44 bits per heavy atom. The maximum atomic E-state index is 5.88. The van der Waals surface area contributed by atoms with Crippen molar-refractivity contribution in [1.29, 1.82) is 0 Å². The van der Waals surface area contributed by atoms with E-state index >= 15 is 0 Å². The fourth-order valence-corrected chi connectivity index (χ4v) is 1.71. The molecule has 0 amide bonds. The quantitative estimate of drug-likeness (QED) is 0.498. The van der Waals surface area contributed by atoms with Gasteiger partial charge in [0.05, 0.1) is 0 Å². The normalized spacial score (nSPS) is 52.0. The van der Waals surface area contributed by atoms with Gasteiger partial charge in [-0.3, -0.25) is 0 Å². The van der Waals surface area contributed by atoms with Crippen LogP contribution < -0.4 is 11.5 Å². The average molecular weight is 128 g/mol. The minimum atomic E-state index is 0.0127. The Hall–Kier alpha value is -0.0800. The van der Waals surface area contributed by atoms with Gasteiger partial charge in [-0.15, -0.1) is 0 Å². The van der Waals surface area contributed by atoms with Crippen LogP contribution in [0.5, 0.6) is 0 Å². The molecule has 0 unspecified atom stereocenters. The minimum Gasteiger partial charge on any atom is -0.327 e. The Labute approximate surface area is 56.6 Å². The summed E-state index contributed by atoms with van der Waals surface area (Å²) in [6.07, 6.45) is 2.06. The molecule has 0 aromatic heterocycles. The van der Waals surface area contributed by atoms with Gasteiger partial charge in [-0.25, -0.2) is 0 Å². The summed E-state index contributed by atoms with van der Waals surface area (Å²) in [4.78, 5) is 0. The second kappa shape index (κ2) is 1.96. The maximum Gasteiger partial charge on any atom is 0.0143 e. The van der Waals surface area contributed by atoms with Crippen LogP contribution in [0.15, 0.2) is 0 Å². The Kier molecular flexibility index (Phi) is 1.53. The molecule has 0 radical (unpaired) electrons. The van der Waals surface area contributed by atoms with E-state index < -0.39 is 0 Å². The van der Waals surface area contributed by atoms with Crippen molar-refractivity contribution in [1.82, 2.24) is 0 Å². The molecule has 9 heavy (non-hydrogen) atoms. The predicted octanol–water partition coefficient (Wildman–Crippen LogP) is 0.461. The number of hydrogen-bond acceptors (Lipinski definition) is 2. The summed E-state index contributed by atoms with van der Waals surface area (Å²) in [6.45, 7) is 4.25. The second-order valence-electron chi connectivity index (χ2n) is 3.70. The highest BCUT2D eigenvalue weighted by Crippen LogP contribution is 2.30. The maximum absolute atomic E-state index is 5.88. The largest absolute Gasteiger partial charge is 0.327 e. The summed E-state index contributed by atoms with van der Waals surface area (Å²) in [7, 11) is 0. The molecule has 4 N–H and O–H groups in total. The lowest BCUT2D eigenvalue weighted by Crippen LogP contribution is -2.34. The van der Waals surface area contributed by atoms with Crippen molar-refractivity contribution >= 4 is 0 Å². The predicted molar refractivity (Wildman–Crippen MR) is 39.0 cm³/mol. The molecule has 1 saturated carbocycles. The van der Waals surface area contributed by atoms with E-state index in [0.717, 1.165) is 12.8 Å². The van der Waals surface area contributed by atoms with Crippen molar-refractivity contribution in [3.05, 3.63) is 0 Å². The van der Waals surface area contributed by atoms with Crippen molar-refractivity contribution in [3.63, 3.8) is 0 Å². The molecule has 0 saturated heterocycles. The zero-order valence-electron chi connectivity index (χ0n) is 6.22. The van der Waals surface area contributed by atoms with Crippen LogP contribution in [0, 0.1) is 5.92 Å². The highest BCUT2D eigenvalue weighted by Gasteiger charge is 2.34. The summed E-state index contributed by atoms with van der Waals surface area (Å²) >= 11 is 0. The van der Waals surface area contributed by atoms with Gasteiger partial charge in [-0.1, -0.05) is 6.92 Å². The van der Waals surface area contributed by atoms with Crippen LogP contribution >= 0.6 is 0 Å². The molecule has 0 aromatic carbocycles. The van der Waals surface area contributed by atoms with E-state index in [1.165, 1.54) is 0 Å². The van der Waals surface area contributed by atoms with E-state index in [-0.39, 0.29) is 5.54 Å². The van der Waals surface area contributed by atoms with Gasteiger partial charge < -0.3 is 11.5 Å². The number of hydrogen-bond donors (Lipinski definition) is 2. The molecule has 2 heteroatoms. The Bertz CT molecular complexity index is 97.5. The van der Waals surface area contributed by atoms with Crippen LogP contribution in [0.1, 0.15) is 26.7 Å². The SMILES string of the molecule is C[C@H]1C[C@](C)(N)C[C@@H]1N. The third-order valence-corrected chi connectivity index (χ3v) is 2.22. The van der Waals surface area contributed by atoms with Gasteiger partial charge in [0.2, 0.25) is 0 Å². The summed E-state index contributed by atoms with van der Waals surface area (Å²) in [5.41, 5.74) is 11.7. The Balaban J connectivity index is 2.54. The lowest BCUT2D eigenvalue weighted by Gasteiger charge is -2.15. The van der Waals surface area contributed by atoms with E-state index in [0.29, 0.717) is 12.0 Å². The first kappa shape index (κ1) is 7.03. The van der Waals surface area contributed by atoms with Gasteiger partial charge in [-0.05, 0) is 25.7 Å². The van der Waals surface area contributed by atoms with Crippen LogP contribution in [0.4, 0.5) is 0 Å². The van der Waals surface area contributed by atoms with E-state index in [1.807, 2.05) is 0 Å². The van der Waals surface area contributed by atoms with Gasteiger partial charge >= 0.3 is 0 Å². The third-order valence-electron chi connectivity index (χ3n) is 2.22. The van der Waals surface area contributed by atoms with Crippen molar-refractivity contribution in [3.8, 4) is 0 Å². The molecule has 3 atom stereocenters. The molecular formula is C7H16N2. The van der Waals surface area contributed by atoms with Crippen molar-refractivity contribution in [2.45, 2.75) is 38.3 Å². The van der Waals surface area contributed by atoms with Crippen LogP contribution in [-0.4, -0.2) is 11.6 Å². The fourth-order valence-electron chi connectivity index (χ4n) is 1.71. The van der Waals surface area contributed by atoms with Crippen LogP contribution in [0.25, 0.3) is 0 Å². The summed E-state index contributed by atoms with van der Waals surface area (Å²) < 4.78 is 0. The van der Waals surface area contributed by atoms with Crippen LogP contribution in [-0.2, 0) is 0 Å². The first-order chi connectivity index (χ1) is 4.01. The van der Waals surface area contributed by atoms with Crippen molar-refractivity contribution in [2.24, 2.45) is 17.4 Å². The van der Waals surface area contributed by atoms with Crippen LogP contribution in [0.2, 0.25) is 0 Å². The summed E-state index contributed by atoms with van der Waals surface area (Å²) in [5, 5.41) is 0. The van der Waals surface area contributed by atoms with Gasteiger partial charge in [0.25, 0.3) is 0 Å². The summed E-state index contributed by atoms with van der Waals surface area (Å²) in [6, 6.07) is 0.333. The smallest absolute Gasteiger partial charge is 0.0143 e. The molecule has 0 heterocycles. The molecule has 1 aliphatic carbocycles. The lowest BCUT2D eigenvalue weighted by atomic mass is 10.0. The third kappa shape index (κ3) is 1.43. The molecule has 0 bridgehead atoms. The monoisotopic (exact) mass is 128 g/mol. The van der Waals surface area contributed by atoms with E-state index in [4.69, 9.17) is 11.5 Å². The molecule has 0 aliphatic heterocycles. The molecular weight excluding hydrogens is 112 g/mol. The van der Waals surface area contributed by atoms with Crippen molar-refractivity contribution < 1.29 is 0 Å².